The Balaban J connectivity index is 1.72. The van der Waals surface area contributed by atoms with Crippen LogP contribution in [0.4, 0.5) is 16.2 Å². The molecule has 118 valence electrons. The highest BCUT2D eigenvalue weighted by atomic mass is 16.6. The molecule has 0 atom stereocenters. The number of rotatable bonds is 3. The van der Waals surface area contributed by atoms with Crippen molar-refractivity contribution in [2.45, 2.75) is 13.8 Å². The molecule has 3 rings (SSSR count). The molecule has 1 N–H and O–H groups in total. The minimum atomic E-state index is -0.350. The molecule has 1 aliphatic rings. The first-order chi connectivity index (χ1) is 11.0. The summed E-state index contributed by atoms with van der Waals surface area (Å²) < 4.78 is 4.91. The molecule has 1 aliphatic heterocycles. The van der Waals surface area contributed by atoms with Gasteiger partial charge in [0.05, 0.1) is 6.54 Å². The van der Waals surface area contributed by atoms with Gasteiger partial charge in [0.25, 0.3) is 5.91 Å². The predicted octanol–water partition coefficient (Wildman–Crippen LogP) is 3.51. The molecule has 0 spiro atoms. The molecule has 23 heavy (non-hydrogen) atoms. The van der Waals surface area contributed by atoms with Gasteiger partial charge in [-0.25, -0.2) is 4.79 Å². The Morgan fingerprint density at radius 3 is 2.43 bits per heavy atom. The lowest BCUT2D eigenvalue weighted by molar-refractivity contribution is 0.102. The van der Waals surface area contributed by atoms with Crippen molar-refractivity contribution in [3.63, 3.8) is 0 Å². The van der Waals surface area contributed by atoms with Gasteiger partial charge in [0.1, 0.15) is 6.61 Å². The summed E-state index contributed by atoms with van der Waals surface area (Å²) in [6.07, 6.45) is -0.350. The second-order valence-corrected chi connectivity index (χ2v) is 5.57. The number of nitrogens with one attached hydrogen (secondary N) is 1. The van der Waals surface area contributed by atoms with Crippen molar-refractivity contribution in [2.24, 2.45) is 0 Å². The van der Waals surface area contributed by atoms with Crippen LogP contribution in [0.25, 0.3) is 0 Å². The second-order valence-electron chi connectivity index (χ2n) is 5.57. The molecule has 2 aromatic carbocycles. The molecular formula is C18H18N2O3. The molecule has 5 heteroatoms. The van der Waals surface area contributed by atoms with Crippen molar-refractivity contribution in [1.29, 1.82) is 0 Å². The van der Waals surface area contributed by atoms with Crippen LogP contribution in [0.2, 0.25) is 0 Å². The van der Waals surface area contributed by atoms with Gasteiger partial charge in [-0.1, -0.05) is 6.07 Å². The summed E-state index contributed by atoms with van der Waals surface area (Å²) in [5.41, 5.74) is 4.36. The van der Waals surface area contributed by atoms with E-state index in [1.54, 1.807) is 29.2 Å². The molecule has 0 saturated carbocycles. The van der Waals surface area contributed by atoms with Crippen LogP contribution >= 0.6 is 0 Å². The summed E-state index contributed by atoms with van der Waals surface area (Å²) in [5, 5.41) is 2.88. The first-order valence-corrected chi connectivity index (χ1v) is 7.47. The zero-order valence-corrected chi connectivity index (χ0v) is 13.1. The molecule has 0 unspecified atom stereocenters. The van der Waals surface area contributed by atoms with Crippen LogP contribution in [0, 0.1) is 13.8 Å². The van der Waals surface area contributed by atoms with Crippen molar-refractivity contribution < 1.29 is 14.3 Å². The number of hydrogen-bond donors (Lipinski definition) is 1. The van der Waals surface area contributed by atoms with Crippen LogP contribution in [-0.2, 0) is 4.74 Å². The van der Waals surface area contributed by atoms with E-state index in [2.05, 4.69) is 5.32 Å². The number of carbonyl (C=O) groups excluding carboxylic acids is 2. The Kier molecular flexibility index (Phi) is 4.02. The number of hydrogen-bond acceptors (Lipinski definition) is 3. The van der Waals surface area contributed by atoms with Crippen molar-refractivity contribution >= 4 is 23.4 Å². The highest BCUT2D eigenvalue weighted by molar-refractivity contribution is 6.04. The molecule has 0 aromatic heterocycles. The number of ether oxygens (including phenoxy) is 1. The summed E-state index contributed by atoms with van der Waals surface area (Å²) in [6, 6.07) is 12.7. The maximum absolute atomic E-state index is 12.3. The van der Waals surface area contributed by atoms with E-state index in [1.165, 1.54) is 5.56 Å². The molecule has 1 saturated heterocycles. The van der Waals surface area contributed by atoms with E-state index in [0.29, 0.717) is 18.7 Å². The van der Waals surface area contributed by atoms with Gasteiger partial charge in [-0.15, -0.1) is 0 Å². The second kappa shape index (κ2) is 6.12. The minimum absolute atomic E-state index is 0.177. The van der Waals surface area contributed by atoms with Gasteiger partial charge in [0, 0.05) is 16.9 Å². The average molecular weight is 310 g/mol. The van der Waals surface area contributed by atoms with Crippen molar-refractivity contribution in [2.75, 3.05) is 23.4 Å². The van der Waals surface area contributed by atoms with E-state index in [1.807, 2.05) is 32.0 Å². The molecule has 0 radical (unpaired) electrons. The summed E-state index contributed by atoms with van der Waals surface area (Å²) >= 11 is 0. The van der Waals surface area contributed by atoms with Gasteiger partial charge in [-0.05, 0) is 61.4 Å². The van der Waals surface area contributed by atoms with Crippen LogP contribution in [0.5, 0.6) is 0 Å². The first-order valence-electron chi connectivity index (χ1n) is 7.47. The Bertz CT molecular complexity index is 753. The summed E-state index contributed by atoms with van der Waals surface area (Å²) in [5.74, 6) is -0.177. The fraction of sp³-hybridized carbons (Fsp3) is 0.222. The van der Waals surface area contributed by atoms with Crippen molar-refractivity contribution in [3.05, 3.63) is 59.2 Å². The van der Waals surface area contributed by atoms with E-state index >= 15 is 0 Å². The highest BCUT2D eigenvalue weighted by Crippen LogP contribution is 2.20. The fourth-order valence-corrected chi connectivity index (χ4v) is 2.44. The Hall–Kier alpha value is -2.82. The fourth-order valence-electron chi connectivity index (χ4n) is 2.44. The predicted molar refractivity (Wildman–Crippen MR) is 89.0 cm³/mol. The van der Waals surface area contributed by atoms with Crippen LogP contribution in [-0.4, -0.2) is 25.2 Å². The van der Waals surface area contributed by atoms with Gasteiger partial charge >= 0.3 is 6.09 Å². The quantitative estimate of drug-likeness (QED) is 0.943. The molecule has 5 nitrogen and oxygen atoms in total. The summed E-state index contributed by atoms with van der Waals surface area (Å²) in [6.45, 7) is 4.97. The molecule has 0 aliphatic carbocycles. The van der Waals surface area contributed by atoms with Gasteiger partial charge in [-0.2, -0.15) is 0 Å². The third-order valence-corrected chi connectivity index (χ3v) is 3.97. The molecule has 0 bridgehead atoms. The number of amides is 2. The van der Waals surface area contributed by atoms with Gasteiger partial charge in [0.2, 0.25) is 0 Å². The lowest BCUT2D eigenvalue weighted by atomic mass is 10.1. The highest BCUT2D eigenvalue weighted by Gasteiger charge is 2.23. The standard InChI is InChI=1S/C18H18N2O3/c1-12-3-6-15(11-13(12)2)19-17(21)14-4-7-16(8-5-14)20-9-10-23-18(20)22/h3-8,11H,9-10H2,1-2H3,(H,19,21). The van der Waals surface area contributed by atoms with Gasteiger partial charge in [-0.3, -0.25) is 9.69 Å². The third kappa shape index (κ3) is 3.18. The molecule has 1 fully saturated rings. The van der Waals surface area contributed by atoms with E-state index in [0.717, 1.165) is 16.9 Å². The Morgan fingerprint density at radius 1 is 1.09 bits per heavy atom. The lowest BCUT2D eigenvalue weighted by Crippen LogP contribution is -2.23. The lowest BCUT2D eigenvalue weighted by Gasteiger charge is -2.13. The van der Waals surface area contributed by atoms with Crippen LogP contribution in [0.3, 0.4) is 0 Å². The average Bonchev–Trinajstić information content (AvgIpc) is 2.97. The van der Waals surface area contributed by atoms with E-state index in [-0.39, 0.29) is 12.0 Å². The van der Waals surface area contributed by atoms with E-state index in [9.17, 15) is 9.59 Å². The van der Waals surface area contributed by atoms with Gasteiger partial charge in [0.15, 0.2) is 0 Å². The van der Waals surface area contributed by atoms with Crippen molar-refractivity contribution in [1.82, 2.24) is 0 Å². The van der Waals surface area contributed by atoms with E-state index in [4.69, 9.17) is 4.74 Å². The molecule has 1 heterocycles. The Morgan fingerprint density at radius 2 is 1.83 bits per heavy atom. The minimum Gasteiger partial charge on any atom is -0.447 e. The monoisotopic (exact) mass is 310 g/mol. The van der Waals surface area contributed by atoms with Crippen LogP contribution < -0.4 is 10.2 Å². The molecule has 2 aromatic rings. The largest absolute Gasteiger partial charge is 0.447 e. The zero-order chi connectivity index (χ0) is 16.4. The topological polar surface area (TPSA) is 58.6 Å². The Labute approximate surface area is 134 Å². The van der Waals surface area contributed by atoms with Gasteiger partial charge < -0.3 is 10.1 Å². The SMILES string of the molecule is Cc1ccc(NC(=O)c2ccc(N3CCOC3=O)cc2)cc1C. The maximum atomic E-state index is 12.3. The van der Waals surface area contributed by atoms with Crippen LogP contribution in [0.15, 0.2) is 42.5 Å². The molecular weight excluding hydrogens is 292 g/mol. The number of aryl methyl sites for hydroxylation is 2. The number of anilines is 2. The third-order valence-electron chi connectivity index (χ3n) is 3.97. The number of nitrogens with zero attached hydrogens (tertiary/aromatic N) is 1. The molecule has 2 amide bonds. The first kappa shape index (κ1) is 15.1. The number of benzene rings is 2. The van der Waals surface area contributed by atoms with Crippen molar-refractivity contribution in [3.8, 4) is 0 Å². The number of cyclic esters (lactones) is 1. The number of carbonyl (C=O) groups is 2. The maximum Gasteiger partial charge on any atom is 0.414 e. The smallest absolute Gasteiger partial charge is 0.414 e. The zero-order valence-electron chi connectivity index (χ0n) is 13.1. The van der Waals surface area contributed by atoms with E-state index < -0.39 is 0 Å². The summed E-state index contributed by atoms with van der Waals surface area (Å²) in [4.78, 5) is 25.4. The normalized spacial score (nSPS) is 13.8. The van der Waals surface area contributed by atoms with Crippen LogP contribution in [0.1, 0.15) is 21.5 Å². The summed E-state index contributed by atoms with van der Waals surface area (Å²) in [7, 11) is 0.